The second-order valence-electron chi connectivity index (χ2n) is 1.61. The molecule has 1 atom stereocenters. The van der Waals surface area contributed by atoms with Crippen LogP contribution in [0.1, 0.15) is 6.92 Å². The highest BCUT2D eigenvalue weighted by Crippen LogP contribution is 2.20. The first-order valence-corrected chi connectivity index (χ1v) is 3.33. The van der Waals surface area contributed by atoms with Crippen LogP contribution in [-0.4, -0.2) is 0 Å². The van der Waals surface area contributed by atoms with Crippen LogP contribution in [0, 0.1) is 0 Å². The molecule has 2 N–H and O–H groups in total. The molecule has 0 aliphatic carbocycles. The molecule has 0 saturated heterocycles. The number of allylic oxidation sites excluding steroid dienone is 1. The molecule has 9 heavy (non-hydrogen) atoms. The van der Waals surface area contributed by atoms with E-state index in [4.69, 9.17) is 5.90 Å². The summed E-state index contributed by atoms with van der Waals surface area (Å²) in [5, 5.41) is 0. The van der Waals surface area contributed by atoms with Crippen molar-refractivity contribution >= 4 is 21.9 Å². The van der Waals surface area contributed by atoms with Gasteiger partial charge in [-0.15, -0.1) is 12.6 Å². The molecule has 0 bridgehead atoms. The molecule has 0 spiro atoms. The van der Waals surface area contributed by atoms with Gasteiger partial charge < -0.3 is 4.84 Å². The number of hydrogen-bond donors (Lipinski definition) is 2. The van der Waals surface area contributed by atoms with Crippen LogP contribution < -0.4 is 5.90 Å². The molecule has 0 aliphatic rings. The second-order valence-corrected chi connectivity index (χ2v) is 2.58. The predicted octanol–water partition coefficient (Wildman–Crippen LogP) is 1.43. The third kappa shape index (κ3) is 2.89. The van der Waals surface area contributed by atoms with E-state index in [-0.39, 0.29) is 0 Å². The van der Waals surface area contributed by atoms with Crippen LogP contribution in [0.2, 0.25) is 0 Å². The van der Waals surface area contributed by atoms with Crippen LogP contribution in [0.3, 0.4) is 0 Å². The van der Waals surface area contributed by atoms with E-state index in [0.29, 0.717) is 10.4 Å². The van der Waals surface area contributed by atoms with Gasteiger partial charge in [-0.2, -0.15) is 5.90 Å². The van der Waals surface area contributed by atoms with Crippen molar-refractivity contribution in [2.45, 2.75) is 6.92 Å². The Bertz CT molecular complexity index is 155. The third-order valence-electron chi connectivity index (χ3n) is 0.765. The lowest BCUT2D eigenvalue weighted by molar-refractivity contribution is 0.248. The van der Waals surface area contributed by atoms with Gasteiger partial charge in [0.15, 0.2) is 5.50 Å². The zero-order valence-corrected chi connectivity index (χ0v) is 7.27. The second kappa shape index (κ2) is 3.94. The van der Waals surface area contributed by atoms with Gasteiger partial charge in [0, 0.05) is 0 Å². The predicted molar refractivity (Wildman–Crippen MR) is 45.8 cm³/mol. The van der Waals surface area contributed by atoms with E-state index < -0.39 is 0 Å². The monoisotopic (exact) mass is 163 g/mol. The zero-order valence-electron chi connectivity index (χ0n) is 5.22. The van der Waals surface area contributed by atoms with Crippen molar-refractivity contribution in [3.05, 3.63) is 22.6 Å². The van der Waals surface area contributed by atoms with Crippen molar-refractivity contribution in [2.75, 3.05) is 0 Å². The van der Waals surface area contributed by atoms with Gasteiger partial charge in [0.1, 0.15) is 0 Å². The maximum Gasteiger partial charge on any atom is 0.152 e. The number of rotatable bonds is 2. The van der Waals surface area contributed by atoms with Gasteiger partial charge >= 0.3 is 0 Å². The molecule has 0 heterocycles. The maximum absolute atomic E-state index is 4.84. The largest absolute Gasteiger partial charge is 0.411 e. The summed E-state index contributed by atoms with van der Waals surface area (Å²) >= 11 is 4.05. The SMILES string of the molecule is C=C(C)/C(S)=C(/P)ON. The van der Waals surface area contributed by atoms with Crippen molar-refractivity contribution < 1.29 is 4.84 Å². The van der Waals surface area contributed by atoms with Gasteiger partial charge in [0.05, 0.1) is 4.91 Å². The molecular weight excluding hydrogens is 153 g/mol. The fourth-order valence-corrected chi connectivity index (χ4v) is 0.565. The Morgan fingerprint density at radius 2 is 2.22 bits per heavy atom. The molecule has 0 aromatic rings. The molecule has 1 unspecified atom stereocenters. The van der Waals surface area contributed by atoms with Crippen LogP contribution in [-0.2, 0) is 4.84 Å². The Morgan fingerprint density at radius 3 is 2.33 bits per heavy atom. The minimum Gasteiger partial charge on any atom is -0.411 e. The van der Waals surface area contributed by atoms with Crippen LogP contribution in [0.25, 0.3) is 0 Å². The topological polar surface area (TPSA) is 35.2 Å². The highest BCUT2D eigenvalue weighted by Gasteiger charge is 1.96. The lowest BCUT2D eigenvalue weighted by Crippen LogP contribution is -1.95. The van der Waals surface area contributed by atoms with Gasteiger partial charge in [0.2, 0.25) is 0 Å². The van der Waals surface area contributed by atoms with Crippen molar-refractivity contribution in [3.63, 3.8) is 0 Å². The molecule has 0 radical (unpaired) electrons. The van der Waals surface area contributed by atoms with Crippen LogP contribution >= 0.6 is 21.9 Å². The fourth-order valence-electron chi connectivity index (χ4n) is 0.266. The highest BCUT2D eigenvalue weighted by molar-refractivity contribution is 7.85. The average Bonchev–Trinajstić information content (AvgIpc) is 1.84. The van der Waals surface area contributed by atoms with Gasteiger partial charge in [-0.1, -0.05) is 15.8 Å². The van der Waals surface area contributed by atoms with E-state index in [1.807, 2.05) is 6.92 Å². The Kier molecular flexibility index (Phi) is 3.95. The summed E-state index contributed by atoms with van der Waals surface area (Å²) in [5.74, 6) is 4.84. The van der Waals surface area contributed by atoms with E-state index in [0.717, 1.165) is 5.57 Å². The minimum atomic E-state index is 0.505. The van der Waals surface area contributed by atoms with Gasteiger partial charge in [-0.3, -0.25) is 0 Å². The lowest BCUT2D eigenvalue weighted by Gasteiger charge is -2.01. The molecule has 0 amide bonds. The molecule has 0 aromatic carbocycles. The molecule has 2 nitrogen and oxygen atoms in total. The maximum atomic E-state index is 4.84. The van der Waals surface area contributed by atoms with Crippen LogP contribution in [0.4, 0.5) is 0 Å². The third-order valence-corrected chi connectivity index (χ3v) is 2.03. The van der Waals surface area contributed by atoms with E-state index in [1.165, 1.54) is 0 Å². The summed E-state index contributed by atoms with van der Waals surface area (Å²) in [6, 6.07) is 0. The number of thiol groups is 1. The minimum absolute atomic E-state index is 0.505. The van der Waals surface area contributed by atoms with Crippen molar-refractivity contribution in [1.29, 1.82) is 0 Å². The molecule has 0 aliphatic heterocycles. The number of hydrogen-bond acceptors (Lipinski definition) is 3. The first kappa shape index (κ1) is 9.02. The average molecular weight is 163 g/mol. The van der Waals surface area contributed by atoms with E-state index >= 15 is 0 Å². The van der Waals surface area contributed by atoms with Gasteiger partial charge in [0.25, 0.3) is 0 Å². The summed E-state index contributed by atoms with van der Waals surface area (Å²) in [6.45, 7) is 5.47. The van der Waals surface area contributed by atoms with E-state index in [2.05, 4.69) is 33.3 Å². The molecule has 0 rings (SSSR count). The van der Waals surface area contributed by atoms with Gasteiger partial charge in [-0.25, -0.2) is 0 Å². The summed E-state index contributed by atoms with van der Waals surface area (Å²) in [4.78, 5) is 5.05. The van der Waals surface area contributed by atoms with Crippen molar-refractivity contribution in [1.82, 2.24) is 0 Å². The molecule has 4 heteroatoms. The molecule has 0 fully saturated rings. The molecule has 0 aromatic heterocycles. The Hall–Kier alpha value is 0.0200. The summed E-state index contributed by atoms with van der Waals surface area (Å²) < 4.78 is 0. The smallest absolute Gasteiger partial charge is 0.152 e. The molecule has 0 saturated carbocycles. The summed E-state index contributed by atoms with van der Waals surface area (Å²) in [6.07, 6.45) is 0. The standard InChI is InChI=1S/C5H10NOPS/c1-3(2)4(9)5(8)7-6/h9H,1,6,8H2,2H3/b5-4-. The summed E-state index contributed by atoms with van der Waals surface area (Å²) in [7, 11) is 2.31. The quantitative estimate of drug-likeness (QED) is 0.212. The van der Waals surface area contributed by atoms with Gasteiger partial charge in [-0.05, 0) is 12.5 Å². The van der Waals surface area contributed by atoms with Crippen LogP contribution in [0.5, 0.6) is 0 Å². The Morgan fingerprint density at radius 1 is 1.78 bits per heavy atom. The first-order valence-electron chi connectivity index (χ1n) is 2.31. The normalized spacial score (nSPS) is 12.4. The highest BCUT2D eigenvalue weighted by atomic mass is 32.1. The van der Waals surface area contributed by atoms with E-state index in [9.17, 15) is 0 Å². The first-order chi connectivity index (χ1) is 4.09. The number of nitrogens with two attached hydrogens (primary N) is 1. The zero-order chi connectivity index (χ0) is 7.44. The molecule has 52 valence electrons. The Balaban J connectivity index is 4.28. The van der Waals surface area contributed by atoms with Crippen molar-refractivity contribution in [3.8, 4) is 0 Å². The molecular formula is C5H10NOPS. The fraction of sp³-hybridized carbons (Fsp3) is 0.200. The Labute approximate surface area is 62.7 Å². The lowest BCUT2D eigenvalue weighted by atomic mass is 10.3. The van der Waals surface area contributed by atoms with Crippen LogP contribution in [0.15, 0.2) is 22.6 Å². The van der Waals surface area contributed by atoms with E-state index in [1.54, 1.807) is 0 Å². The van der Waals surface area contributed by atoms with Crippen molar-refractivity contribution in [2.24, 2.45) is 5.90 Å². The summed E-state index contributed by atoms with van der Waals surface area (Å²) in [5.41, 5.74) is 1.33.